The Morgan fingerprint density at radius 1 is 0.886 bits per heavy atom. The normalized spacial score (nSPS) is 14.7. The van der Waals surface area contributed by atoms with Gasteiger partial charge in [-0.3, -0.25) is 4.79 Å². The number of carbonyl (C=O) groups is 1. The van der Waals surface area contributed by atoms with Gasteiger partial charge in [0.15, 0.2) is 0 Å². The van der Waals surface area contributed by atoms with Gasteiger partial charge in [0.05, 0.1) is 22.6 Å². The number of likely N-dealkylation sites (N-methyl/N-ethyl adjacent to an activating group) is 2. The SMILES string of the molecule is CN(CC(=O)N(C)C(CN1CCCC1)c1ccc(-c2ccccc2Cl)cc1)c1ccc(Cl)c(Cl)c1. The zero-order valence-corrected chi connectivity index (χ0v) is 22.3. The predicted octanol–water partition coefficient (Wildman–Crippen LogP) is 7.05. The number of nitrogens with zero attached hydrogens (tertiary/aromatic N) is 3. The molecule has 1 saturated heterocycles. The van der Waals surface area contributed by atoms with Gasteiger partial charge in [-0.1, -0.05) is 77.3 Å². The van der Waals surface area contributed by atoms with Crippen LogP contribution in [-0.4, -0.2) is 56.0 Å². The number of amides is 1. The second-order valence-electron chi connectivity index (χ2n) is 9.08. The number of hydrogen-bond acceptors (Lipinski definition) is 3. The lowest BCUT2D eigenvalue weighted by atomic mass is 9.99. The van der Waals surface area contributed by atoms with Crippen LogP contribution in [0.2, 0.25) is 15.1 Å². The van der Waals surface area contributed by atoms with Gasteiger partial charge in [-0.2, -0.15) is 0 Å². The summed E-state index contributed by atoms with van der Waals surface area (Å²) >= 11 is 18.6. The van der Waals surface area contributed by atoms with Gasteiger partial charge in [-0.25, -0.2) is 0 Å². The second-order valence-corrected chi connectivity index (χ2v) is 10.3. The van der Waals surface area contributed by atoms with Crippen LogP contribution < -0.4 is 4.90 Å². The molecule has 1 aliphatic rings. The zero-order valence-electron chi connectivity index (χ0n) is 20.1. The van der Waals surface area contributed by atoms with Gasteiger partial charge in [0.25, 0.3) is 0 Å². The molecule has 3 aromatic rings. The van der Waals surface area contributed by atoms with Crippen molar-refractivity contribution < 1.29 is 4.79 Å². The summed E-state index contributed by atoms with van der Waals surface area (Å²) in [4.78, 5) is 19.6. The Balaban J connectivity index is 1.54. The summed E-state index contributed by atoms with van der Waals surface area (Å²) in [6.07, 6.45) is 2.41. The van der Waals surface area contributed by atoms with Crippen molar-refractivity contribution in [1.29, 1.82) is 0 Å². The van der Waals surface area contributed by atoms with E-state index in [9.17, 15) is 4.79 Å². The predicted molar refractivity (Wildman–Crippen MR) is 148 cm³/mol. The summed E-state index contributed by atoms with van der Waals surface area (Å²) in [6, 6.07) is 21.6. The topological polar surface area (TPSA) is 26.8 Å². The summed E-state index contributed by atoms with van der Waals surface area (Å²) in [5, 5.41) is 1.70. The first-order valence-electron chi connectivity index (χ1n) is 11.8. The highest BCUT2D eigenvalue weighted by Crippen LogP contribution is 2.31. The Kier molecular flexibility index (Phi) is 8.61. The molecule has 1 fully saturated rings. The van der Waals surface area contributed by atoms with Gasteiger partial charge in [0, 0.05) is 36.9 Å². The molecule has 0 aliphatic carbocycles. The number of hydrogen-bond donors (Lipinski definition) is 0. The summed E-state index contributed by atoms with van der Waals surface area (Å²) in [7, 11) is 3.78. The first-order chi connectivity index (χ1) is 16.8. The lowest BCUT2D eigenvalue weighted by Crippen LogP contribution is -2.42. The standard InChI is InChI=1S/C28H30Cl3N3O/c1-32(22-13-14-25(30)26(31)17-22)19-28(35)33(2)27(18-34-15-5-6-16-34)21-11-9-20(10-12-21)23-7-3-4-8-24(23)29/h3-4,7-14,17,27H,5-6,15-16,18-19H2,1-2H3. The molecule has 0 radical (unpaired) electrons. The first-order valence-corrected chi connectivity index (χ1v) is 13.0. The Labute approximate surface area is 223 Å². The molecular formula is C28H30Cl3N3O. The minimum absolute atomic E-state index is 0.0398. The highest BCUT2D eigenvalue weighted by Gasteiger charge is 2.26. The Bertz CT molecular complexity index is 1160. The van der Waals surface area contributed by atoms with Crippen molar-refractivity contribution in [2.24, 2.45) is 0 Å². The number of likely N-dealkylation sites (tertiary alicyclic amines) is 1. The van der Waals surface area contributed by atoms with Crippen molar-refractivity contribution in [3.63, 3.8) is 0 Å². The summed E-state index contributed by atoms with van der Waals surface area (Å²) in [5.41, 5.74) is 4.03. The average Bonchev–Trinajstić information content (AvgIpc) is 3.37. The molecule has 0 spiro atoms. The molecule has 0 N–H and O–H groups in total. The third-order valence-electron chi connectivity index (χ3n) is 6.69. The van der Waals surface area contributed by atoms with Crippen molar-refractivity contribution in [2.75, 3.05) is 45.2 Å². The second kappa shape index (κ2) is 11.7. The molecule has 0 aromatic heterocycles. The quantitative estimate of drug-likeness (QED) is 0.312. The van der Waals surface area contributed by atoms with E-state index in [1.165, 1.54) is 12.8 Å². The van der Waals surface area contributed by atoms with E-state index in [1.54, 1.807) is 12.1 Å². The molecule has 0 saturated carbocycles. The lowest BCUT2D eigenvalue weighted by molar-refractivity contribution is -0.131. The van der Waals surface area contributed by atoms with E-state index in [4.69, 9.17) is 34.8 Å². The van der Waals surface area contributed by atoms with Gasteiger partial charge in [-0.15, -0.1) is 0 Å². The van der Waals surface area contributed by atoms with Gasteiger partial charge in [-0.05, 0) is 61.3 Å². The number of anilines is 1. The molecule has 184 valence electrons. The van der Waals surface area contributed by atoms with Gasteiger partial charge in [0.1, 0.15) is 0 Å². The van der Waals surface area contributed by atoms with E-state index in [2.05, 4.69) is 29.2 Å². The van der Waals surface area contributed by atoms with Crippen molar-refractivity contribution in [3.8, 4) is 11.1 Å². The average molecular weight is 531 g/mol. The van der Waals surface area contributed by atoms with Crippen molar-refractivity contribution >= 4 is 46.4 Å². The maximum atomic E-state index is 13.4. The Morgan fingerprint density at radius 3 is 2.23 bits per heavy atom. The van der Waals surface area contributed by atoms with Crippen LogP contribution in [-0.2, 0) is 4.79 Å². The van der Waals surface area contributed by atoms with E-state index in [0.717, 1.165) is 47.0 Å². The first kappa shape index (κ1) is 25.8. The largest absolute Gasteiger partial charge is 0.365 e. The molecule has 4 rings (SSSR count). The fourth-order valence-corrected chi connectivity index (χ4v) is 5.08. The number of halogens is 3. The molecule has 35 heavy (non-hydrogen) atoms. The molecule has 4 nitrogen and oxygen atoms in total. The third-order valence-corrected chi connectivity index (χ3v) is 7.76. The maximum absolute atomic E-state index is 13.4. The van der Waals surface area contributed by atoms with E-state index in [1.807, 2.05) is 54.2 Å². The molecule has 1 heterocycles. The van der Waals surface area contributed by atoms with Gasteiger partial charge in [0.2, 0.25) is 5.91 Å². The molecular weight excluding hydrogens is 501 g/mol. The number of carbonyl (C=O) groups excluding carboxylic acids is 1. The highest BCUT2D eigenvalue weighted by atomic mass is 35.5. The summed E-state index contributed by atoms with van der Waals surface area (Å²) in [5.74, 6) is 0.0398. The fourth-order valence-electron chi connectivity index (χ4n) is 4.54. The maximum Gasteiger partial charge on any atom is 0.242 e. The molecule has 1 unspecified atom stereocenters. The molecule has 3 aromatic carbocycles. The van der Waals surface area contributed by atoms with Gasteiger partial charge < -0.3 is 14.7 Å². The Hall–Kier alpha value is -2.24. The van der Waals surface area contributed by atoms with Crippen LogP contribution >= 0.6 is 34.8 Å². The smallest absolute Gasteiger partial charge is 0.242 e. The number of rotatable bonds is 8. The minimum atomic E-state index is -0.0527. The van der Waals surface area contributed by atoms with Crippen LogP contribution in [0.1, 0.15) is 24.4 Å². The molecule has 7 heteroatoms. The summed E-state index contributed by atoms with van der Waals surface area (Å²) < 4.78 is 0. The van der Waals surface area contributed by atoms with Crippen LogP contribution in [0.5, 0.6) is 0 Å². The van der Waals surface area contributed by atoms with Crippen molar-refractivity contribution in [1.82, 2.24) is 9.80 Å². The van der Waals surface area contributed by atoms with Crippen LogP contribution in [0, 0.1) is 0 Å². The third kappa shape index (κ3) is 6.31. The molecule has 1 amide bonds. The van der Waals surface area contributed by atoms with Crippen LogP contribution in [0.4, 0.5) is 5.69 Å². The molecule has 1 aliphatic heterocycles. The van der Waals surface area contributed by atoms with Crippen molar-refractivity contribution in [2.45, 2.75) is 18.9 Å². The van der Waals surface area contributed by atoms with Crippen LogP contribution in [0.3, 0.4) is 0 Å². The highest BCUT2D eigenvalue weighted by molar-refractivity contribution is 6.42. The molecule has 0 bridgehead atoms. The van der Waals surface area contributed by atoms with E-state index in [-0.39, 0.29) is 18.5 Å². The van der Waals surface area contributed by atoms with Crippen LogP contribution in [0.25, 0.3) is 11.1 Å². The zero-order chi connectivity index (χ0) is 24.9. The monoisotopic (exact) mass is 529 g/mol. The lowest BCUT2D eigenvalue weighted by Gasteiger charge is -2.33. The Morgan fingerprint density at radius 2 is 1.57 bits per heavy atom. The summed E-state index contributed by atoms with van der Waals surface area (Å²) in [6.45, 7) is 3.19. The van der Waals surface area contributed by atoms with Crippen molar-refractivity contribution in [3.05, 3.63) is 87.4 Å². The number of benzene rings is 3. The van der Waals surface area contributed by atoms with Crippen LogP contribution in [0.15, 0.2) is 66.7 Å². The molecule has 1 atom stereocenters. The van der Waals surface area contributed by atoms with E-state index in [0.29, 0.717) is 10.0 Å². The minimum Gasteiger partial charge on any atom is -0.365 e. The van der Waals surface area contributed by atoms with Gasteiger partial charge >= 0.3 is 0 Å². The van der Waals surface area contributed by atoms with E-state index >= 15 is 0 Å². The fraction of sp³-hybridized carbons (Fsp3) is 0.321. The van der Waals surface area contributed by atoms with E-state index < -0.39 is 0 Å².